The molecule has 1 amide bonds. The molecule has 1 N–H and O–H groups in total. The van der Waals surface area contributed by atoms with Crippen molar-refractivity contribution in [3.8, 4) is 6.07 Å². The lowest BCUT2D eigenvalue weighted by atomic mass is 9.93. The maximum Gasteiger partial charge on any atom is 0.225 e. The molecule has 1 heterocycles. The van der Waals surface area contributed by atoms with E-state index in [1.165, 1.54) is 5.56 Å². The summed E-state index contributed by atoms with van der Waals surface area (Å²) in [5.74, 6) is 1.18. The molecule has 3 rings (SSSR count). The number of carbonyl (C=O) groups is 1. The summed E-state index contributed by atoms with van der Waals surface area (Å²) >= 11 is 0. The van der Waals surface area contributed by atoms with E-state index < -0.39 is 0 Å². The number of rotatable bonds is 4. The number of amides is 1. The molecule has 1 aromatic carbocycles. The van der Waals surface area contributed by atoms with Gasteiger partial charge < -0.3 is 10.2 Å². The number of carbonyl (C=O) groups excluding carboxylic acids is 1. The Morgan fingerprint density at radius 1 is 1.32 bits per heavy atom. The van der Waals surface area contributed by atoms with Crippen molar-refractivity contribution >= 4 is 5.91 Å². The Balaban J connectivity index is 1.49. The number of nitriles is 1. The van der Waals surface area contributed by atoms with Crippen molar-refractivity contribution in [2.45, 2.75) is 38.8 Å². The minimum absolute atomic E-state index is 0.329. The van der Waals surface area contributed by atoms with Crippen LogP contribution in [0.2, 0.25) is 0 Å². The SMILES string of the molecule is CC1CN(C(=O)C2CC2)CCC1NCc1ccc(C#N)cc1. The van der Waals surface area contributed by atoms with Gasteiger partial charge in [-0.15, -0.1) is 0 Å². The van der Waals surface area contributed by atoms with E-state index in [4.69, 9.17) is 5.26 Å². The van der Waals surface area contributed by atoms with Gasteiger partial charge in [-0.2, -0.15) is 5.26 Å². The molecule has 4 heteroatoms. The molecular formula is C18H23N3O. The second-order valence-electron chi connectivity index (χ2n) is 6.62. The Bertz CT molecular complexity index is 571. The molecule has 2 atom stereocenters. The number of nitrogens with zero attached hydrogens (tertiary/aromatic N) is 2. The van der Waals surface area contributed by atoms with Gasteiger partial charge in [0.05, 0.1) is 11.6 Å². The molecule has 1 aliphatic carbocycles. The van der Waals surface area contributed by atoms with Crippen LogP contribution in [0, 0.1) is 23.2 Å². The average Bonchev–Trinajstić information content (AvgIpc) is 3.38. The lowest BCUT2D eigenvalue weighted by Gasteiger charge is -2.37. The summed E-state index contributed by atoms with van der Waals surface area (Å²) in [5, 5.41) is 12.4. The molecule has 0 bridgehead atoms. The number of hydrogen-bond acceptors (Lipinski definition) is 3. The highest BCUT2D eigenvalue weighted by Crippen LogP contribution is 2.32. The normalized spacial score (nSPS) is 24.8. The quantitative estimate of drug-likeness (QED) is 0.927. The fourth-order valence-corrected chi connectivity index (χ4v) is 3.18. The van der Waals surface area contributed by atoms with Gasteiger partial charge in [0.2, 0.25) is 5.91 Å². The van der Waals surface area contributed by atoms with E-state index in [2.05, 4.69) is 23.2 Å². The molecule has 116 valence electrons. The second kappa shape index (κ2) is 6.50. The van der Waals surface area contributed by atoms with E-state index in [1.807, 2.05) is 24.3 Å². The van der Waals surface area contributed by atoms with Gasteiger partial charge in [0.25, 0.3) is 0 Å². The Morgan fingerprint density at radius 2 is 2.05 bits per heavy atom. The third-order valence-corrected chi connectivity index (χ3v) is 4.79. The van der Waals surface area contributed by atoms with Gasteiger partial charge in [0.1, 0.15) is 0 Å². The van der Waals surface area contributed by atoms with Crippen LogP contribution < -0.4 is 5.32 Å². The van der Waals surface area contributed by atoms with E-state index in [9.17, 15) is 4.79 Å². The zero-order chi connectivity index (χ0) is 15.5. The minimum atomic E-state index is 0.329. The van der Waals surface area contributed by atoms with E-state index in [0.717, 1.165) is 38.9 Å². The third-order valence-electron chi connectivity index (χ3n) is 4.79. The van der Waals surface area contributed by atoms with Gasteiger partial charge in [-0.25, -0.2) is 0 Å². The van der Waals surface area contributed by atoms with Crippen LogP contribution >= 0.6 is 0 Å². The predicted octanol–water partition coefficient (Wildman–Crippen LogP) is 2.29. The zero-order valence-corrected chi connectivity index (χ0v) is 13.1. The molecule has 22 heavy (non-hydrogen) atoms. The second-order valence-corrected chi connectivity index (χ2v) is 6.62. The summed E-state index contributed by atoms with van der Waals surface area (Å²) in [6.07, 6.45) is 3.20. The van der Waals surface area contributed by atoms with Crippen LogP contribution in [-0.2, 0) is 11.3 Å². The number of nitrogens with one attached hydrogen (secondary N) is 1. The maximum atomic E-state index is 12.1. The van der Waals surface area contributed by atoms with Crippen LogP contribution in [0.1, 0.15) is 37.3 Å². The van der Waals surface area contributed by atoms with Crippen LogP contribution in [0.15, 0.2) is 24.3 Å². The number of benzene rings is 1. The van der Waals surface area contributed by atoms with Crippen molar-refractivity contribution in [3.05, 3.63) is 35.4 Å². The lowest BCUT2D eigenvalue weighted by molar-refractivity contribution is -0.134. The van der Waals surface area contributed by atoms with Gasteiger partial charge in [-0.1, -0.05) is 19.1 Å². The van der Waals surface area contributed by atoms with E-state index >= 15 is 0 Å². The van der Waals surface area contributed by atoms with Crippen LogP contribution in [0.3, 0.4) is 0 Å². The molecule has 0 radical (unpaired) electrons. The Labute approximate surface area is 132 Å². The van der Waals surface area contributed by atoms with Crippen LogP contribution in [-0.4, -0.2) is 29.9 Å². The van der Waals surface area contributed by atoms with Crippen molar-refractivity contribution in [3.63, 3.8) is 0 Å². The van der Waals surface area contributed by atoms with Crippen molar-refractivity contribution in [2.24, 2.45) is 11.8 Å². The fourth-order valence-electron chi connectivity index (χ4n) is 3.18. The first-order valence-corrected chi connectivity index (χ1v) is 8.18. The zero-order valence-electron chi connectivity index (χ0n) is 13.1. The molecule has 1 saturated heterocycles. The van der Waals surface area contributed by atoms with Gasteiger partial charge in [0, 0.05) is 31.6 Å². The van der Waals surface area contributed by atoms with E-state index in [0.29, 0.717) is 29.3 Å². The van der Waals surface area contributed by atoms with Crippen LogP contribution in [0.4, 0.5) is 0 Å². The van der Waals surface area contributed by atoms with Crippen LogP contribution in [0.25, 0.3) is 0 Å². The highest BCUT2D eigenvalue weighted by molar-refractivity contribution is 5.81. The van der Waals surface area contributed by atoms with Gasteiger partial charge in [-0.05, 0) is 42.9 Å². The lowest BCUT2D eigenvalue weighted by Crippen LogP contribution is -2.50. The van der Waals surface area contributed by atoms with Gasteiger partial charge in [0.15, 0.2) is 0 Å². The summed E-state index contributed by atoms with van der Waals surface area (Å²) in [6, 6.07) is 10.3. The highest BCUT2D eigenvalue weighted by Gasteiger charge is 2.36. The Hall–Kier alpha value is -1.86. The van der Waals surface area contributed by atoms with Gasteiger partial charge >= 0.3 is 0 Å². The molecule has 4 nitrogen and oxygen atoms in total. The Morgan fingerprint density at radius 3 is 2.64 bits per heavy atom. The molecule has 0 spiro atoms. The van der Waals surface area contributed by atoms with Crippen LogP contribution in [0.5, 0.6) is 0 Å². The number of likely N-dealkylation sites (tertiary alicyclic amines) is 1. The Kier molecular flexibility index (Phi) is 4.44. The molecule has 1 saturated carbocycles. The maximum absolute atomic E-state index is 12.1. The van der Waals surface area contributed by atoms with E-state index in [1.54, 1.807) is 0 Å². The van der Waals surface area contributed by atoms with Crippen molar-refractivity contribution in [2.75, 3.05) is 13.1 Å². The molecule has 2 fully saturated rings. The van der Waals surface area contributed by atoms with E-state index in [-0.39, 0.29) is 0 Å². The highest BCUT2D eigenvalue weighted by atomic mass is 16.2. The first-order chi connectivity index (χ1) is 10.7. The summed E-state index contributed by atoms with van der Waals surface area (Å²) in [4.78, 5) is 14.2. The first kappa shape index (κ1) is 15.1. The summed E-state index contributed by atoms with van der Waals surface area (Å²) < 4.78 is 0. The van der Waals surface area contributed by atoms with Crippen molar-refractivity contribution < 1.29 is 4.79 Å². The molecule has 2 unspecified atom stereocenters. The average molecular weight is 297 g/mol. The summed E-state index contributed by atoms with van der Waals surface area (Å²) in [6.45, 7) is 4.80. The molecule has 0 aromatic heterocycles. The molecular weight excluding hydrogens is 274 g/mol. The van der Waals surface area contributed by atoms with Crippen molar-refractivity contribution in [1.82, 2.24) is 10.2 Å². The number of piperidine rings is 1. The van der Waals surface area contributed by atoms with Crippen molar-refractivity contribution in [1.29, 1.82) is 5.26 Å². The molecule has 1 aromatic rings. The largest absolute Gasteiger partial charge is 0.342 e. The smallest absolute Gasteiger partial charge is 0.225 e. The summed E-state index contributed by atoms with van der Waals surface area (Å²) in [5.41, 5.74) is 1.90. The topological polar surface area (TPSA) is 56.1 Å². The number of hydrogen-bond donors (Lipinski definition) is 1. The fraction of sp³-hybridized carbons (Fsp3) is 0.556. The summed E-state index contributed by atoms with van der Waals surface area (Å²) in [7, 11) is 0. The van der Waals surface area contributed by atoms with Gasteiger partial charge in [-0.3, -0.25) is 4.79 Å². The standard InChI is InChI=1S/C18H23N3O/c1-13-12-21(18(22)16-6-7-16)9-8-17(13)20-11-15-4-2-14(10-19)3-5-15/h2-5,13,16-17,20H,6-9,11-12H2,1H3. The monoisotopic (exact) mass is 297 g/mol. The minimum Gasteiger partial charge on any atom is -0.342 e. The third kappa shape index (κ3) is 3.48. The molecule has 1 aliphatic heterocycles. The first-order valence-electron chi connectivity index (χ1n) is 8.18. The molecule has 2 aliphatic rings. The predicted molar refractivity (Wildman–Crippen MR) is 84.9 cm³/mol.